The topological polar surface area (TPSA) is 197 Å². The lowest BCUT2D eigenvalue weighted by molar-refractivity contribution is -0.277. The van der Waals surface area contributed by atoms with E-state index < -0.39 is 77.3 Å². The van der Waals surface area contributed by atoms with Gasteiger partial charge >= 0.3 is 0 Å². The van der Waals surface area contributed by atoms with Crippen molar-refractivity contribution >= 4 is 5.78 Å². The number of benzene rings is 1. The monoisotopic (exact) mass is 648 g/mol. The van der Waals surface area contributed by atoms with E-state index in [4.69, 9.17) is 9.47 Å². The number of rotatable bonds is 8. The fourth-order valence-electron chi connectivity index (χ4n) is 9.91. The highest BCUT2D eigenvalue weighted by molar-refractivity contribution is 5.93. The number of phenolic OH excluding ortho intramolecular Hbond substituents is 1. The number of hydrogen-bond acceptors (Lipinski definition) is 11. The second-order valence-electron chi connectivity index (χ2n) is 15.4. The molecule has 13 unspecified atom stereocenters. The molecule has 0 spiro atoms. The lowest BCUT2D eigenvalue weighted by atomic mass is 9.41. The van der Waals surface area contributed by atoms with Crippen molar-refractivity contribution in [3.05, 3.63) is 34.9 Å². The first kappa shape index (κ1) is 35.2. The normalized spacial score (nSPS) is 42.4. The van der Waals surface area contributed by atoms with Crippen molar-refractivity contribution in [1.29, 1.82) is 0 Å². The van der Waals surface area contributed by atoms with Gasteiger partial charge in [-0.2, -0.15) is 0 Å². The van der Waals surface area contributed by atoms with Gasteiger partial charge in [-0.05, 0) is 99.3 Å². The minimum atomic E-state index is -1.69. The molecule has 11 nitrogen and oxygen atoms in total. The Bertz CT molecular complexity index is 1370. The Balaban J connectivity index is 1.52. The Morgan fingerprint density at radius 1 is 1.15 bits per heavy atom. The minimum Gasteiger partial charge on any atom is -0.504 e. The van der Waals surface area contributed by atoms with Gasteiger partial charge in [0.25, 0.3) is 0 Å². The van der Waals surface area contributed by atoms with Gasteiger partial charge in [0.1, 0.15) is 30.2 Å². The van der Waals surface area contributed by atoms with E-state index in [1.165, 1.54) is 0 Å². The van der Waals surface area contributed by atoms with Crippen molar-refractivity contribution < 1.29 is 55.1 Å². The average molecular weight is 649 g/mol. The molecule has 1 aromatic rings. The fourth-order valence-corrected chi connectivity index (χ4v) is 9.91. The van der Waals surface area contributed by atoms with Crippen LogP contribution in [-0.4, -0.2) is 102 Å². The average Bonchev–Trinajstić information content (AvgIpc) is 3.19. The van der Waals surface area contributed by atoms with Crippen LogP contribution >= 0.6 is 0 Å². The molecule has 1 aliphatic heterocycles. The molecule has 11 heteroatoms. The largest absolute Gasteiger partial charge is 0.504 e. The van der Waals surface area contributed by atoms with Gasteiger partial charge in [-0.1, -0.05) is 26.0 Å². The molecule has 3 fully saturated rings. The van der Waals surface area contributed by atoms with Crippen molar-refractivity contribution in [3.8, 4) is 11.5 Å². The van der Waals surface area contributed by atoms with Gasteiger partial charge in [0.15, 0.2) is 11.5 Å². The Labute approximate surface area is 270 Å². The smallest absolute Gasteiger partial charge is 0.229 e. The summed E-state index contributed by atoms with van der Waals surface area (Å²) in [5.41, 5.74) is -1.15. The van der Waals surface area contributed by atoms with Crippen LogP contribution in [0.1, 0.15) is 83.4 Å². The number of ether oxygens (including phenoxy) is 2. The van der Waals surface area contributed by atoms with Crippen LogP contribution < -0.4 is 4.74 Å². The first-order valence-corrected chi connectivity index (χ1v) is 16.4. The Kier molecular flexibility index (Phi) is 9.04. The Morgan fingerprint density at radius 3 is 2.41 bits per heavy atom. The van der Waals surface area contributed by atoms with Crippen molar-refractivity contribution in [1.82, 2.24) is 0 Å². The predicted octanol–water partition coefficient (Wildman–Crippen LogP) is 1.53. The Hall–Kier alpha value is -2.09. The second-order valence-corrected chi connectivity index (χ2v) is 15.4. The number of aliphatic hydroxyl groups excluding tert-OH is 6. The third kappa shape index (κ3) is 5.05. The predicted molar refractivity (Wildman–Crippen MR) is 167 cm³/mol. The summed E-state index contributed by atoms with van der Waals surface area (Å²) in [6.07, 6.45) is -7.17. The van der Waals surface area contributed by atoms with Gasteiger partial charge in [0.2, 0.25) is 6.29 Å². The number of fused-ring (bicyclic) bond motifs is 5. The molecule has 3 aliphatic carbocycles. The van der Waals surface area contributed by atoms with Crippen LogP contribution in [0.3, 0.4) is 0 Å². The quantitative estimate of drug-likeness (QED) is 0.190. The van der Waals surface area contributed by atoms with Gasteiger partial charge in [-0.25, -0.2) is 0 Å². The molecule has 1 aromatic carbocycles. The molecule has 0 radical (unpaired) electrons. The van der Waals surface area contributed by atoms with Crippen LogP contribution in [0.2, 0.25) is 0 Å². The van der Waals surface area contributed by atoms with Crippen LogP contribution in [0.25, 0.3) is 0 Å². The molecular formula is C35H52O11. The zero-order valence-corrected chi connectivity index (χ0v) is 27.7. The van der Waals surface area contributed by atoms with Crippen molar-refractivity contribution in [2.24, 2.45) is 22.7 Å². The molecule has 4 aliphatic rings. The van der Waals surface area contributed by atoms with E-state index in [0.29, 0.717) is 36.0 Å². The lowest BCUT2D eigenvalue weighted by Gasteiger charge is -2.61. The number of Topliss-reactive ketones (excluding diaryl/α,β-unsaturated/α-hetero) is 1. The molecule has 258 valence electrons. The van der Waals surface area contributed by atoms with Crippen molar-refractivity contribution in [2.45, 2.75) is 134 Å². The molecule has 0 bridgehead atoms. The summed E-state index contributed by atoms with van der Waals surface area (Å²) in [4.78, 5) is 14.6. The fraction of sp³-hybridized carbons (Fsp3) is 0.743. The molecule has 0 aromatic heterocycles. The highest BCUT2D eigenvalue weighted by atomic mass is 16.7. The van der Waals surface area contributed by atoms with Gasteiger partial charge in [0.05, 0.1) is 29.8 Å². The summed E-state index contributed by atoms with van der Waals surface area (Å²) >= 11 is 0. The summed E-state index contributed by atoms with van der Waals surface area (Å²) in [6.45, 7) is 14.3. The number of aliphatic hydroxyl groups is 7. The number of ketones is 1. The van der Waals surface area contributed by atoms with Crippen molar-refractivity contribution in [3.63, 3.8) is 0 Å². The van der Waals surface area contributed by atoms with E-state index in [1.54, 1.807) is 26.8 Å². The molecule has 5 rings (SSSR count). The van der Waals surface area contributed by atoms with E-state index in [2.05, 4.69) is 13.5 Å². The van der Waals surface area contributed by atoms with E-state index >= 15 is 0 Å². The van der Waals surface area contributed by atoms with Crippen LogP contribution in [0.4, 0.5) is 0 Å². The molecule has 1 saturated heterocycles. The van der Waals surface area contributed by atoms with E-state index in [1.807, 2.05) is 13.8 Å². The zero-order chi connectivity index (χ0) is 34.3. The van der Waals surface area contributed by atoms with Gasteiger partial charge < -0.3 is 50.3 Å². The summed E-state index contributed by atoms with van der Waals surface area (Å²) in [5.74, 6) is -1.19. The summed E-state index contributed by atoms with van der Waals surface area (Å²) in [6, 6.07) is 1.59. The zero-order valence-electron chi connectivity index (χ0n) is 27.7. The minimum absolute atomic E-state index is 0.0563. The highest BCUT2D eigenvalue weighted by Crippen LogP contribution is 2.72. The standard InChI is InChI=1S/C35H52O11/c1-16(2)20(37)10-11-34(6,44)30-21(38)13-32(4)24-9-8-18-17(3)26(40)22(12-19(18)35(24,7)25(39)14-33(30,32)5)45-31-29(43)28(42)27(41)23(15-36)46-31/h12,20-21,23-24,27-31,36-38,40-44H,1,8-11,13-15H2,2-7H3. The maximum Gasteiger partial charge on any atom is 0.229 e. The highest BCUT2D eigenvalue weighted by Gasteiger charge is 2.72. The van der Waals surface area contributed by atoms with E-state index in [-0.39, 0.29) is 42.5 Å². The third-order valence-corrected chi connectivity index (χ3v) is 12.7. The summed E-state index contributed by atoms with van der Waals surface area (Å²) < 4.78 is 11.4. The van der Waals surface area contributed by atoms with Crippen LogP contribution in [-0.2, 0) is 21.4 Å². The number of hydrogen-bond donors (Lipinski definition) is 8. The molecule has 8 N–H and O–H groups in total. The lowest BCUT2D eigenvalue weighted by Crippen LogP contribution is -2.63. The molecular weight excluding hydrogens is 596 g/mol. The molecule has 13 atom stereocenters. The molecule has 1 heterocycles. The SMILES string of the molecule is C=C(C)C(O)CCC(C)(O)C1C(O)CC2(C)C3CCc4c(cc(OC5OC(CO)C(O)C(O)C5O)c(O)c4C)C3(C)C(=O)CC12C. The maximum atomic E-state index is 14.6. The van der Waals surface area contributed by atoms with Gasteiger partial charge in [-0.15, -0.1) is 0 Å². The number of carbonyl (C=O) groups is 1. The number of phenols is 1. The van der Waals surface area contributed by atoms with Gasteiger partial charge in [0, 0.05) is 12.3 Å². The molecule has 2 saturated carbocycles. The van der Waals surface area contributed by atoms with Crippen LogP contribution in [0, 0.1) is 29.6 Å². The second kappa shape index (κ2) is 11.8. The first-order chi connectivity index (χ1) is 21.3. The first-order valence-electron chi connectivity index (χ1n) is 16.4. The third-order valence-electron chi connectivity index (χ3n) is 12.7. The van der Waals surface area contributed by atoms with Crippen molar-refractivity contribution in [2.75, 3.05) is 6.61 Å². The number of aromatic hydroxyl groups is 1. The number of carbonyl (C=O) groups excluding carboxylic acids is 1. The van der Waals surface area contributed by atoms with Crippen LogP contribution in [0.5, 0.6) is 11.5 Å². The maximum absolute atomic E-state index is 14.6. The Morgan fingerprint density at radius 2 is 1.80 bits per heavy atom. The summed E-state index contributed by atoms with van der Waals surface area (Å²) in [7, 11) is 0. The van der Waals surface area contributed by atoms with E-state index in [0.717, 1.165) is 5.56 Å². The van der Waals surface area contributed by atoms with E-state index in [9.17, 15) is 45.6 Å². The molecule has 0 amide bonds. The van der Waals surface area contributed by atoms with Crippen LogP contribution in [0.15, 0.2) is 18.2 Å². The molecule has 46 heavy (non-hydrogen) atoms. The summed E-state index contributed by atoms with van der Waals surface area (Å²) in [5, 5.41) is 85.7. The van der Waals surface area contributed by atoms with Gasteiger partial charge in [-0.3, -0.25) is 4.79 Å².